The summed E-state index contributed by atoms with van der Waals surface area (Å²) in [7, 11) is 2.12. The number of rotatable bonds is 5. The standard InChI is InChI=1S/C22H27ClN4O2S/c1-15(2)29-18-7-4-16(5-8-18)21(28)25-22(30)24-17-6-9-20(19(23)14-17)27-12-10-26(3)11-13-27/h4-9,14-15H,10-13H2,1-3H3,(H2,24,25,28,30). The number of carbonyl (C=O) groups excluding carboxylic acids is 1. The van der Waals surface area contributed by atoms with E-state index in [-0.39, 0.29) is 17.1 Å². The van der Waals surface area contributed by atoms with Gasteiger partial charge in [-0.25, -0.2) is 0 Å². The van der Waals surface area contributed by atoms with Crippen molar-refractivity contribution in [1.82, 2.24) is 10.2 Å². The van der Waals surface area contributed by atoms with Gasteiger partial charge in [-0.3, -0.25) is 10.1 Å². The van der Waals surface area contributed by atoms with Crippen LogP contribution in [0.2, 0.25) is 5.02 Å². The number of carbonyl (C=O) groups is 1. The Morgan fingerprint density at radius 1 is 1.10 bits per heavy atom. The number of piperazine rings is 1. The summed E-state index contributed by atoms with van der Waals surface area (Å²) in [6.45, 7) is 7.81. The van der Waals surface area contributed by atoms with Crippen molar-refractivity contribution in [3.8, 4) is 5.75 Å². The fourth-order valence-corrected chi connectivity index (χ4v) is 3.69. The molecular formula is C22H27ClN4O2S. The van der Waals surface area contributed by atoms with Gasteiger partial charge in [-0.1, -0.05) is 11.6 Å². The number of ether oxygens (including phenoxy) is 1. The van der Waals surface area contributed by atoms with Crippen molar-refractivity contribution in [3.05, 3.63) is 53.1 Å². The fourth-order valence-electron chi connectivity index (χ4n) is 3.18. The van der Waals surface area contributed by atoms with Crippen molar-refractivity contribution in [3.63, 3.8) is 0 Å². The van der Waals surface area contributed by atoms with Crippen LogP contribution >= 0.6 is 23.8 Å². The number of hydrogen-bond donors (Lipinski definition) is 2. The number of halogens is 1. The van der Waals surface area contributed by atoms with Crippen molar-refractivity contribution < 1.29 is 9.53 Å². The zero-order valence-electron chi connectivity index (χ0n) is 17.4. The first kappa shape index (κ1) is 22.3. The van der Waals surface area contributed by atoms with E-state index in [4.69, 9.17) is 28.6 Å². The van der Waals surface area contributed by atoms with Gasteiger partial charge >= 0.3 is 0 Å². The molecule has 1 heterocycles. The monoisotopic (exact) mass is 446 g/mol. The Morgan fingerprint density at radius 2 is 1.77 bits per heavy atom. The summed E-state index contributed by atoms with van der Waals surface area (Å²) in [5, 5.41) is 6.58. The highest BCUT2D eigenvalue weighted by Crippen LogP contribution is 2.29. The van der Waals surface area contributed by atoms with Gasteiger partial charge in [0.2, 0.25) is 0 Å². The van der Waals surface area contributed by atoms with Gasteiger partial charge in [-0.05, 0) is 75.6 Å². The van der Waals surface area contributed by atoms with Crippen LogP contribution in [0, 0.1) is 0 Å². The van der Waals surface area contributed by atoms with Gasteiger partial charge in [-0.2, -0.15) is 0 Å². The minimum atomic E-state index is -0.288. The van der Waals surface area contributed by atoms with Crippen molar-refractivity contribution in [1.29, 1.82) is 0 Å². The lowest BCUT2D eigenvalue weighted by Gasteiger charge is -2.34. The number of anilines is 2. The number of benzene rings is 2. The SMILES string of the molecule is CC(C)Oc1ccc(C(=O)NC(=S)Nc2ccc(N3CCN(C)CC3)c(Cl)c2)cc1. The Hall–Kier alpha value is -2.35. The third-order valence-corrected chi connectivity index (χ3v) is 5.27. The van der Waals surface area contributed by atoms with Gasteiger partial charge in [0.05, 0.1) is 16.8 Å². The molecule has 1 aliphatic rings. The minimum absolute atomic E-state index is 0.0796. The molecule has 0 atom stereocenters. The maximum atomic E-state index is 12.4. The van der Waals surface area contributed by atoms with Crippen molar-refractivity contribution >= 4 is 46.2 Å². The summed E-state index contributed by atoms with van der Waals surface area (Å²) in [4.78, 5) is 17.0. The topological polar surface area (TPSA) is 56.8 Å². The Kier molecular flexibility index (Phi) is 7.53. The second-order valence-electron chi connectivity index (χ2n) is 7.56. The normalized spacial score (nSPS) is 14.5. The molecule has 6 nitrogen and oxygen atoms in total. The zero-order valence-corrected chi connectivity index (χ0v) is 19.0. The van der Waals surface area contributed by atoms with Crippen LogP contribution in [0.5, 0.6) is 5.75 Å². The molecule has 0 bridgehead atoms. The molecule has 1 saturated heterocycles. The lowest BCUT2D eigenvalue weighted by atomic mass is 10.2. The highest BCUT2D eigenvalue weighted by Gasteiger charge is 2.17. The van der Waals surface area contributed by atoms with Crippen LogP contribution in [-0.4, -0.2) is 55.3 Å². The molecule has 8 heteroatoms. The van der Waals surface area contributed by atoms with Crippen LogP contribution < -0.4 is 20.3 Å². The van der Waals surface area contributed by atoms with Crippen LogP contribution in [0.3, 0.4) is 0 Å². The van der Waals surface area contributed by atoms with E-state index in [0.717, 1.165) is 43.3 Å². The van der Waals surface area contributed by atoms with Crippen molar-refractivity contribution in [2.45, 2.75) is 20.0 Å². The molecule has 2 aromatic carbocycles. The van der Waals surface area contributed by atoms with Crippen LogP contribution in [0.4, 0.5) is 11.4 Å². The molecule has 2 aromatic rings. The molecule has 160 valence electrons. The summed E-state index contributed by atoms with van der Waals surface area (Å²) in [6, 6.07) is 12.7. The largest absolute Gasteiger partial charge is 0.491 e. The van der Waals surface area contributed by atoms with E-state index in [1.807, 2.05) is 32.0 Å². The number of hydrogen-bond acceptors (Lipinski definition) is 5. The van der Waals surface area contributed by atoms with Crippen LogP contribution in [-0.2, 0) is 0 Å². The van der Waals surface area contributed by atoms with E-state index < -0.39 is 0 Å². The predicted molar refractivity (Wildman–Crippen MR) is 127 cm³/mol. The Balaban J connectivity index is 1.56. The Morgan fingerprint density at radius 3 is 2.37 bits per heavy atom. The fraction of sp³-hybridized carbons (Fsp3) is 0.364. The third-order valence-electron chi connectivity index (χ3n) is 4.76. The quantitative estimate of drug-likeness (QED) is 0.677. The molecule has 2 N–H and O–H groups in total. The molecule has 0 spiro atoms. The number of nitrogens with one attached hydrogen (secondary N) is 2. The molecule has 1 aliphatic heterocycles. The Labute approximate surface area is 188 Å². The van der Waals surface area contributed by atoms with E-state index in [9.17, 15) is 4.79 Å². The van der Waals surface area contributed by atoms with E-state index in [0.29, 0.717) is 10.6 Å². The first-order chi connectivity index (χ1) is 14.3. The first-order valence-corrected chi connectivity index (χ1v) is 10.7. The number of thiocarbonyl (C=S) groups is 1. The molecular weight excluding hydrogens is 420 g/mol. The molecule has 0 aliphatic carbocycles. The van der Waals surface area contributed by atoms with Gasteiger partial charge in [0.1, 0.15) is 5.75 Å². The van der Waals surface area contributed by atoms with Gasteiger partial charge in [0.25, 0.3) is 5.91 Å². The van der Waals surface area contributed by atoms with Gasteiger partial charge in [0.15, 0.2) is 5.11 Å². The Bertz CT molecular complexity index is 897. The minimum Gasteiger partial charge on any atom is -0.491 e. The lowest BCUT2D eigenvalue weighted by molar-refractivity contribution is 0.0977. The summed E-state index contributed by atoms with van der Waals surface area (Å²) in [5.41, 5.74) is 2.23. The second kappa shape index (κ2) is 10.1. The lowest BCUT2D eigenvalue weighted by Crippen LogP contribution is -2.44. The van der Waals surface area contributed by atoms with Crippen LogP contribution in [0.25, 0.3) is 0 Å². The second-order valence-corrected chi connectivity index (χ2v) is 8.37. The van der Waals surface area contributed by atoms with Crippen molar-refractivity contribution in [2.75, 3.05) is 43.4 Å². The summed E-state index contributed by atoms with van der Waals surface area (Å²) >= 11 is 11.8. The summed E-state index contributed by atoms with van der Waals surface area (Å²) in [6.07, 6.45) is 0.0796. The van der Waals surface area contributed by atoms with E-state index in [2.05, 4.69) is 27.5 Å². The molecule has 30 heavy (non-hydrogen) atoms. The molecule has 0 aromatic heterocycles. The molecule has 0 saturated carbocycles. The van der Waals surface area contributed by atoms with E-state index >= 15 is 0 Å². The molecule has 3 rings (SSSR count). The summed E-state index contributed by atoms with van der Waals surface area (Å²) < 4.78 is 5.59. The highest BCUT2D eigenvalue weighted by molar-refractivity contribution is 7.80. The predicted octanol–water partition coefficient (Wildman–Crippen LogP) is 4.01. The first-order valence-electron chi connectivity index (χ1n) is 9.94. The van der Waals surface area contributed by atoms with E-state index in [1.165, 1.54) is 0 Å². The average molecular weight is 447 g/mol. The van der Waals surface area contributed by atoms with Gasteiger partial charge < -0.3 is 19.9 Å². The number of nitrogens with zero attached hydrogens (tertiary/aromatic N) is 2. The molecule has 1 amide bonds. The number of amides is 1. The maximum Gasteiger partial charge on any atom is 0.257 e. The van der Waals surface area contributed by atoms with Crippen LogP contribution in [0.15, 0.2) is 42.5 Å². The van der Waals surface area contributed by atoms with Crippen molar-refractivity contribution in [2.24, 2.45) is 0 Å². The van der Waals surface area contributed by atoms with E-state index in [1.54, 1.807) is 24.3 Å². The molecule has 0 radical (unpaired) electrons. The third kappa shape index (κ3) is 6.08. The van der Waals surface area contributed by atoms with Gasteiger partial charge in [0, 0.05) is 37.4 Å². The van der Waals surface area contributed by atoms with Gasteiger partial charge in [-0.15, -0.1) is 0 Å². The average Bonchev–Trinajstić information content (AvgIpc) is 2.69. The molecule has 1 fully saturated rings. The smallest absolute Gasteiger partial charge is 0.257 e. The zero-order chi connectivity index (χ0) is 21.7. The van der Waals surface area contributed by atoms with Crippen LogP contribution in [0.1, 0.15) is 24.2 Å². The number of likely N-dealkylation sites (N-methyl/N-ethyl adjacent to an activating group) is 1. The molecule has 0 unspecified atom stereocenters. The maximum absolute atomic E-state index is 12.4. The highest BCUT2D eigenvalue weighted by atomic mass is 35.5. The summed E-state index contributed by atoms with van der Waals surface area (Å²) in [5.74, 6) is 0.432.